The molecule has 1 aliphatic heterocycles. The maximum absolute atomic E-state index is 13.2. The van der Waals surface area contributed by atoms with E-state index in [-0.39, 0.29) is 23.3 Å². The number of carbonyl (C=O) groups is 2. The van der Waals surface area contributed by atoms with Crippen molar-refractivity contribution in [1.29, 1.82) is 0 Å². The van der Waals surface area contributed by atoms with E-state index < -0.39 is 28.5 Å². The van der Waals surface area contributed by atoms with Crippen LogP contribution in [-0.4, -0.2) is 43.7 Å². The van der Waals surface area contributed by atoms with Gasteiger partial charge in [0, 0.05) is 18.9 Å². The van der Waals surface area contributed by atoms with Crippen molar-refractivity contribution in [3.8, 4) is 0 Å². The first-order valence-electron chi connectivity index (χ1n) is 13.2. The smallest absolute Gasteiger partial charge is 0.410 e. The molecule has 0 aromatic heterocycles. The van der Waals surface area contributed by atoms with Gasteiger partial charge in [0.1, 0.15) is 6.17 Å². The Hall–Kier alpha value is -2.91. The Labute approximate surface area is 219 Å². The number of piperidine rings is 1. The zero-order chi connectivity index (χ0) is 26.3. The van der Waals surface area contributed by atoms with Crippen molar-refractivity contribution >= 4 is 22.0 Å². The van der Waals surface area contributed by atoms with Crippen LogP contribution in [-0.2, 0) is 26.0 Å². The largest absolute Gasteiger partial charge is 0.429 e. The molecule has 2 amide bonds. The maximum Gasteiger partial charge on any atom is 0.410 e. The highest BCUT2D eigenvalue weighted by atomic mass is 32.2. The summed E-state index contributed by atoms with van der Waals surface area (Å²) >= 11 is 0. The molecule has 2 N–H and O–H groups in total. The molecule has 37 heavy (non-hydrogen) atoms. The normalized spacial score (nSPS) is 20.1. The van der Waals surface area contributed by atoms with Crippen LogP contribution in [0.25, 0.3) is 0 Å². The second-order valence-electron chi connectivity index (χ2n) is 10.0. The van der Waals surface area contributed by atoms with Crippen molar-refractivity contribution in [3.05, 3.63) is 65.7 Å². The lowest BCUT2D eigenvalue weighted by Gasteiger charge is -2.34. The summed E-state index contributed by atoms with van der Waals surface area (Å²) in [5.74, 6) is -0.125. The molecular weight excluding hydrogens is 490 g/mol. The molecule has 0 bridgehead atoms. The fourth-order valence-electron chi connectivity index (χ4n) is 5.05. The number of alkyl carbamates (subject to hydrolysis) is 1. The molecule has 1 aliphatic carbocycles. The third-order valence-electron chi connectivity index (χ3n) is 7.14. The number of aryl methyl sites for hydroxylation is 1. The predicted octanol–water partition coefficient (Wildman–Crippen LogP) is 4.49. The maximum atomic E-state index is 13.2. The van der Waals surface area contributed by atoms with E-state index in [0.29, 0.717) is 19.3 Å². The highest BCUT2D eigenvalue weighted by molar-refractivity contribution is 7.89. The van der Waals surface area contributed by atoms with E-state index in [4.69, 9.17) is 4.74 Å². The zero-order valence-electron chi connectivity index (χ0n) is 21.4. The molecule has 2 aliphatic rings. The number of nitrogens with one attached hydrogen (secondary N) is 2. The SMILES string of the molecule is Cc1ccc(C[C@H](NC(=O)O[C@H]2CCCCN2S(=O)(=O)c2ccccc2)NC(=O)C2CCCCC2)cc1. The van der Waals surface area contributed by atoms with Crippen LogP contribution in [0.15, 0.2) is 59.5 Å². The minimum atomic E-state index is -3.81. The summed E-state index contributed by atoms with van der Waals surface area (Å²) in [4.78, 5) is 26.2. The Kier molecular flexibility index (Phi) is 9.21. The van der Waals surface area contributed by atoms with Crippen molar-refractivity contribution in [2.75, 3.05) is 6.54 Å². The van der Waals surface area contributed by atoms with Crippen LogP contribution in [0.5, 0.6) is 0 Å². The third kappa shape index (κ3) is 7.32. The van der Waals surface area contributed by atoms with Gasteiger partial charge in [0.05, 0.1) is 4.90 Å². The molecule has 1 heterocycles. The highest BCUT2D eigenvalue weighted by Crippen LogP contribution is 2.26. The topological polar surface area (TPSA) is 105 Å². The van der Waals surface area contributed by atoms with Crippen molar-refractivity contribution in [3.63, 3.8) is 0 Å². The van der Waals surface area contributed by atoms with Gasteiger partial charge in [0.25, 0.3) is 0 Å². The summed E-state index contributed by atoms with van der Waals surface area (Å²) in [5, 5.41) is 5.80. The van der Waals surface area contributed by atoms with Crippen molar-refractivity contribution in [2.24, 2.45) is 5.92 Å². The molecule has 9 heteroatoms. The van der Waals surface area contributed by atoms with Crippen molar-refractivity contribution in [1.82, 2.24) is 14.9 Å². The Morgan fingerprint density at radius 2 is 1.59 bits per heavy atom. The average Bonchev–Trinajstić information content (AvgIpc) is 2.91. The summed E-state index contributed by atoms with van der Waals surface area (Å²) < 4.78 is 33.4. The number of nitrogens with zero attached hydrogens (tertiary/aromatic N) is 1. The minimum absolute atomic E-state index is 0.0584. The first-order valence-corrected chi connectivity index (χ1v) is 14.7. The molecule has 0 spiro atoms. The molecule has 2 aromatic rings. The number of rotatable bonds is 8. The molecular formula is C28H37N3O5S. The Morgan fingerprint density at radius 1 is 0.919 bits per heavy atom. The molecule has 2 atom stereocenters. The molecule has 1 saturated carbocycles. The van der Waals surface area contributed by atoms with E-state index in [1.807, 2.05) is 31.2 Å². The van der Waals surface area contributed by atoms with E-state index in [1.165, 1.54) is 4.31 Å². The standard InChI is InChI=1S/C28H37N3O5S/c1-21-15-17-22(18-16-21)20-25(29-27(32)23-10-4-2-5-11-23)30-28(33)36-26-14-8-9-19-31(26)37(34,35)24-12-6-3-7-13-24/h3,6-7,12-13,15-18,23,25-26H,2,4-5,8-11,14,19-20H2,1H3,(H,29,32)(H,30,33)/t25-,26-/m0/s1. The van der Waals surface area contributed by atoms with Gasteiger partial charge >= 0.3 is 6.09 Å². The van der Waals surface area contributed by atoms with Gasteiger partial charge < -0.3 is 15.4 Å². The lowest BCUT2D eigenvalue weighted by molar-refractivity contribution is -0.126. The molecule has 200 valence electrons. The van der Waals surface area contributed by atoms with Crippen LogP contribution in [0.2, 0.25) is 0 Å². The second-order valence-corrected chi connectivity index (χ2v) is 11.9. The van der Waals surface area contributed by atoms with Crippen LogP contribution in [0.1, 0.15) is 62.5 Å². The van der Waals surface area contributed by atoms with Gasteiger partial charge in [-0.1, -0.05) is 67.3 Å². The minimum Gasteiger partial charge on any atom is -0.429 e. The summed E-state index contributed by atoms with van der Waals surface area (Å²) in [7, 11) is -3.81. The number of sulfonamides is 1. The van der Waals surface area contributed by atoms with Gasteiger partial charge in [-0.2, -0.15) is 4.31 Å². The number of carbonyl (C=O) groups excluding carboxylic acids is 2. The summed E-state index contributed by atoms with van der Waals surface area (Å²) in [6.07, 6.45) is 4.83. The number of amides is 2. The summed E-state index contributed by atoms with van der Waals surface area (Å²) in [5.41, 5.74) is 2.08. The number of benzene rings is 2. The van der Waals surface area contributed by atoms with Gasteiger partial charge in [-0.15, -0.1) is 0 Å². The first kappa shape index (κ1) is 27.1. The summed E-state index contributed by atoms with van der Waals surface area (Å²) in [6, 6.07) is 16.1. The predicted molar refractivity (Wildman–Crippen MR) is 141 cm³/mol. The molecule has 2 fully saturated rings. The Bertz CT molecular complexity index is 1150. The first-order chi connectivity index (χ1) is 17.8. The van der Waals surface area contributed by atoms with Crippen LogP contribution in [0.4, 0.5) is 4.79 Å². The van der Waals surface area contributed by atoms with E-state index in [2.05, 4.69) is 10.6 Å². The Balaban J connectivity index is 1.45. The van der Waals surface area contributed by atoms with E-state index in [9.17, 15) is 18.0 Å². The van der Waals surface area contributed by atoms with Gasteiger partial charge in [0.2, 0.25) is 15.9 Å². The van der Waals surface area contributed by atoms with E-state index in [1.54, 1.807) is 30.3 Å². The molecule has 2 aromatic carbocycles. The van der Waals surface area contributed by atoms with Crippen molar-refractivity contribution < 1.29 is 22.7 Å². The van der Waals surface area contributed by atoms with Crippen molar-refractivity contribution in [2.45, 2.75) is 82.0 Å². The quantitative estimate of drug-likeness (QED) is 0.493. The average molecular weight is 528 g/mol. The van der Waals surface area contributed by atoms with Gasteiger partial charge in [0.15, 0.2) is 6.23 Å². The zero-order valence-corrected chi connectivity index (χ0v) is 22.2. The third-order valence-corrected chi connectivity index (χ3v) is 9.04. The fraction of sp³-hybridized carbons (Fsp3) is 0.500. The molecule has 8 nitrogen and oxygen atoms in total. The second kappa shape index (κ2) is 12.6. The lowest BCUT2D eigenvalue weighted by atomic mass is 9.88. The molecule has 4 rings (SSSR count). The van der Waals surface area contributed by atoms with E-state index in [0.717, 1.165) is 49.7 Å². The molecule has 1 saturated heterocycles. The van der Waals surface area contributed by atoms with Gasteiger partial charge in [-0.25, -0.2) is 13.2 Å². The molecule has 0 unspecified atom stereocenters. The number of hydrogen-bond acceptors (Lipinski definition) is 5. The highest BCUT2D eigenvalue weighted by Gasteiger charge is 2.36. The number of hydrogen-bond donors (Lipinski definition) is 2. The fourth-order valence-corrected chi connectivity index (χ4v) is 6.65. The van der Waals surface area contributed by atoms with E-state index >= 15 is 0 Å². The lowest BCUT2D eigenvalue weighted by Crippen LogP contribution is -2.53. The Morgan fingerprint density at radius 3 is 2.30 bits per heavy atom. The van der Waals surface area contributed by atoms with Gasteiger partial charge in [-0.05, 0) is 56.7 Å². The monoisotopic (exact) mass is 527 g/mol. The van der Waals surface area contributed by atoms with Crippen LogP contribution in [0, 0.1) is 12.8 Å². The van der Waals surface area contributed by atoms with Crippen LogP contribution in [0.3, 0.4) is 0 Å². The van der Waals surface area contributed by atoms with Gasteiger partial charge in [-0.3, -0.25) is 4.79 Å². The van der Waals surface area contributed by atoms with Crippen LogP contribution < -0.4 is 10.6 Å². The molecule has 0 radical (unpaired) electrons. The summed E-state index contributed by atoms with van der Waals surface area (Å²) in [6.45, 7) is 2.28. The number of ether oxygens (including phenoxy) is 1. The van der Waals surface area contributed by atoms with Crippen LogP contribution >= 0.6 is 0 Å².